The number of carbonyl (C=O) groups is 4. The van der Waals surface area contributed by atoms with E-state index < -0.39 is 23.7 Å². The highest BCUT2D eigenvalue weighted by atomic mass is 19.1. The number of rotatable bonds is 5. The predicted molar refractivity (Wildman–Crippen MR) is 142 cm³/mol. The number of halogens is 1. The van der Waals surface area contributed by atoms with Crippen molar-refractivity contribution < 1.29 is 23.6 Å². The summed E-state index contributed by atoms with van der Waals surface area (Å²) in [6, 6.07) is 17.0. The fraction of sp³-hybridized carbons (Fsp3) is 0.103. The van der Waals surface area contributed by atoms with Crippen molar-refractivity contribution in [1.82, 2.24) is 9.88 Å². The molecule has 0 bridgehead atoms. The molecule has 1 fully saturated rings. The Morgan fingerprint density at radius 1 is 0.974 bits per heavy atom. The van der Waals surface area contributed by atoms with Crippen LogP contribution in [0.4, 0.5) is 20.6 Å². The van der Waals surface area contributed by atoms with Gasteiger partial charge in [0, 0.05) is 28.4 Å². The van der Waals surface area contributed by atoms with Gasteiger partial charge in [-0.3, -0.25) is 19.7 Å². The molecular formula is C29H23FN4O4. The van der Waals surface area contributed by atoms with Crippen LogP contribution < -0.4 is 15.5 Å². The molecule has 190 valence electrons. The van der Waals surface area contributed by atoms with E-state index in [-0.39, 0.29) is 18.0 Å². The van der Waals surface area contributed by atoms with Gasteiger partial charge in [0.2, 0.25) is 5.91 Å². The van der Waals surface area contributed by atoms with E-state index in [1.54, 1.807) is 35.0 Å². The predicted octanol–water partition coefficient (Wildman–Crippen LogP) is 4.70. The number of anilines is 2. The summed E-state index contributed by atoms with van der Waals surface area (Å²) in [5, 5.41) is 5.68. The summed E-state index contributed by atoms with van der Waals surface area (Å²) in [5.41, 5.74) is 3.74. The number of benzene rings is 3. The third-order valence-electron chi connectivity index (χ3n) is 6.41. The average Bonchev–Trinajstić information content (AvgIpc) is 3.22. The molecule has 0 spiro atoms. The third kappa shape index (κ3) is 4.69. The van der Waals surface area contributed by atoms with E-state index in [1.165, 1.54) is 30.3 Å². The number of barbiturate groups is 1. The summed E-state index contributed by atoms with van der Waals surface area (Å²) in [6.07, 6.45) is 3.09. The topological polar surface area (TPSA) is 101 Å². The van der Waals surface area contributed by atoms with E-state index in [9.17, 15) is 23.6 Å². The van der Waals surface area contributed by atoms with Gasteiger partial charge in [-0.05, 0) is 73.5 Å². The number of urea groups is 1. The van der Waals surface area contributed by atoms with Crippen LogP contribution in [0.25, 0.3) is 17.0 Å². The molecule has 0 radical (unpaired) electrons. The fourth-order valence-corrected chi connectivity index (χ4v) is 4.32. The molecule has 1 aliphatic heterocycles. The number of amides is 5. The largest absolute Gasteiger partial charge is 0.337 e. The summed E-state index contributed by atoms with van der Waals surface area (Å²) in [7, 11) is 0. The average molecular weight is 511 g/mol. The van der Waals surface area contributed by atoms with Gasteiger partial charge in [0.05, 0.1) is 5.69 Å². The molecule has 0 unspecified atom stereocenters. The number of fused-ring (bicyclic) bond motifs is 1. The monoisotopic (exact) mass is 510 g/mol. The molecule has 3 aromatic carbocycles. The van der Waals surface area contributed by atoms with Crippen LogP contribution in [-0.4, -0.2) is 28.3 Å². The lowest BCUT2D eigenvalue weighted by Crippen LogP contribution is -2.54. The highest BCUT2D eigenvalue weighted by molar-refractivity contribution is 6.39. The van der Waals surface area contributed by atoms with Crippen LogP contribution >= 0.6 is 0 Å². The Balaban J connectivity index is 1.48. The minimum absolute atomic E-state index is 0.0611. The number of carbonyl (C=O) groups excluding carboxylic acids is 4. The number of imide groups is 2. The van der Waals surface area contributed by atoms with Crippen molar-refractivity contribution in [1.29, 1.82) is 0 Å². The van der Waals surface area contributed by atoms with Crippen molar-refractivity contribution in [2.75, 3.05) is 10.2 Å². The van der Waals surface area contributed by atoms with Gasteiger partial charge in [0.1, 0.15) is 17.9 Å². The lowest BCUT2D eigenvalue weighted by Gasteiger charge is -2.26. The van der Waals surface area contributed by atoms with Crippen LogP contribution in [0.2, 0.25) is 0 Å². The van der Waals surface area contributed by atoms with Gasteiger partial charge in [-0.15, -0.1) is 0 Å². The van der Waals surface area contributed by atoms with Crippen LogP contribution in [0.1, 0.15) is 16.7 Å². The van der Waals surface area contributed by atoms with E-state index in [4.69, 9.17) is 0 Å². The van der Waals surface area contributed by atoms with Crippen LogP contribution in [0.5, 0.6) is 0 Å². The molecule has 0 saturated carbocycles. The number of hydrogen-bond acceptors (Lipinski definition) is 4. The van der Waals surface area contributed by atoms with Crippen molar-refractivity contribution in [2.45, 2.75) is 20.4 Å². The summed E-state index contributed by atoms with van der Waals surface area (Å²) in [4.78, 5) is 52.3. The van der Waals surface area contributed by atoms with Crippen LogP contribution in [-0.2, 0) is 20.9 Å². The molecule has 4 aromatic rings. The molecule has 2 heterocycles. The second kappa shape index (κ2) is 9.78. The van der Waals surface area contributed by atoms with Gasteiger partial charge >= 0.3 is 6.03 Å². The molecule has 1 aliphatic rings. The Morgan fingerprint density at radius 3 is 2.45 bits per heavy atom. The second-order valence-corrected chi connectivity index (χ2v) is 9.01. The standard InChI is InChI=1S/C29H23FN4O4/c1-17-7-12-22(13-18(17)2)34-28(37)24(27(36)32-29(34)38)14-19-15-33(25-6-4-3-5-23(19)25)16-26(35)31-21-10-8-20(30)9-11-21/h3-15H,16H2,1-2H3,(H,31,35)(H,32,36,38)/b24-14+. The van der Waals surface area contributed by atoms with E-state index in [2.05, 4.69) is 10.6 Å². The minimum atomic E-state index is -0.819. The van der Waals surface area contributed by atoms with E-state index in [0.717, 1.165) is 16.0 Å². The minimum Gasteiger partial charge on any atom is -0.337 e. The van der Waals surface area contributed by atoms with Crippen molar-refractivity contribution >= 4 is 52.1 Å². The molecule has 2 N–H and O–H groups in total. The van der Waals surface area contributed by atoms with Gasteiger partial charge in [-0.1, -0.05) is 24.3 Å². The second-order valence-electron chi connectivity index (χ2n) is 9.01. The summed E-state index contributed by atoms with van der Waals surface area (Å²) in [6.45, 7) is 3.73. The zero-order valence-electron chi connectivity index (χ0n) is 20.6. The number of nitrogens with zero attached hydrogens (tertiary/aromatic N) is 2. The third-order valence-corrected chi connectivity index (χ3v) is 6.41. The first-order chi connectivity index (χ1) is 18.2. The Hall–Kier alpha value is -5.05. The lowest BCUT2D eigenvalue weighted by molar-refractivity contribution is -0.122. The van der Waals surface area contributed by atoms with Gasteiger partial charge in [-0.2, -0.15) is 0 Å². The quantitative estimate of drug-likeness (QED) is 0.300. The van der Waals surface area contributed by atoms with E-state index in [1.807, 2.05) is 32.0 Å². The fourth-order valence-electron chi connectivity index (χ4n) is 4.32. The van der Waals surface area contributed by atoms with Crippen molar-refractivity contribution in [3.05, 3.63) is 101 Å². The Kier molecular flexibility index (Phi) is 6.34. The van der Waals surface area contributed by atoms with Crippen molar-refractivity contribution in [3.63, 3.8) is 0 Å². The van der Waals surface area contributed by atoms with Gasteiger partial charge < -0.3 is 9.88 Å². The Bertz CT molecular complexity index is 1650. The smallest absolute Gasteiger partial charge is 0.335 e. The number of para-hydroxylation sites is 1. The van der Waals surface area contributed by atoms with Crippen LogP contribution in [0.15, 0.2) is 78.5 Å². The molecule has 8 nitrogen and oxygen atoms in total. The lowest BCUT2D eigenvalue weighted by atomic mass is 10.0. The highest BCUT2D eigenvalue weighted by Crippen LogP contribution is 2.27. The summed E-state index contributed by atoms with van der Waals surface area (Å²) in [5.74, 6) is -2.29. The van der Waals surface area contributed by atoms with Crippen LogP contribution in [0, 0.1) is 19.7 Å². The molecule has 0 aliphatic carbocycles. The number of hydrogen-bond donors (Lipinski definition) is 2. The molecule has 5 rings (SSSR count). The molecule has 38 heavy (non-hydrogen) atoms. The SMILES string of the molecule is Cc1ccc(N2C(=O)NC(=O)/C(=C\c3cn(CC(=O)Nc4ccc(F)cc4)c4ccccc34)C2=O)cc1C. The first kappa shape index (κ1) is 24.6. The first-order valence-electron chi connectivity index (χ1n) is 11.8. The number of aromatic nitrogens is 1. The zero-order chi connectivity index (χ0) is 27.0. The van der Waals surface area contributed by atoms with Crippen molar-refractivity contribution in [3.8, 4) is 0 Å². The summed E-state index contributed by atoms with van der Waals surface area (Å²) < 4.78 is 14.9. The van der Waals surface area contributed by atoms with E-state index >= 15 is 0 Å². The molecule has 9 heteroatoms. The van der Waals surface area contributed by atoms with Gasteiger partial charge in [0.25, 0.3) is 11.8 Å². The van der Waals surface area contributed by atoms with Gasteiger partial charge in [0.15, 0.2) is 0 Å². The van der Waals surface area contributed by atoms with Crippen LogP contribution in [0.3, 0.4) is 0 Å². The van der Waals surface area contributed by atoms with Gasteiger partial charge in [-0.25, -0.2) is 14.1 Å². The maximum atomic E-state index is 13.4. The normalized spacial score (nSPS) is 14.8. The molecular weight excluding hydrogens is 487 g/mol. The molecule has 0 atom stereocenters. The Labute approximate surface area is 217 Å². The summed E-state index contributed by atoms with van der Waals surface area (Å²) >= 11 is 0. The first-order valence-corrected chi connectivity index (χ1v) is 11.8. The van der Waals surface area contributed by atoms with Crippen molar-refractivity contribution in [2.24, 2.45) is 0 Å². The molecule has 1 aromatic heterocycles. The maximum Gasteiger partial charge on any atom is 0.335 e. The molecule has 5 amide bonds. The highest BCUT2D eigenvalue weighted by Gasteiger charge is 2.37. The maximum absolute atomic E-state index is 13.4. The van der Waals surface area contributed by atoms with E-state index in [0.29, 0.717) is 27.8 Å². The zero-order valence-corrected chi connectivity index (χ0v) is 20.6. The molecule has 1 saturated heterocycles. The number of nitrogens with one attached hydrogen (secondary N) is 2. The number of aryl methyl sites for hydroxylation is 2. The Morgan fingerprint density at radius 2 is 1.71 bits per heavy atom.